The molecule has 1 aliphatic heterocycles. The fourth-order valence-corrected chi connectivity index (χ4v) is 2.73. The maximum absolute atomic E-state index is 13.3. The van der Waals surface area contributed by atoms with Gasteiger partial charge in [-0.1, -0.05) is 0 Å². The second-order valence-corrected chi connectivity index (χ2v) is 5.79. The molecule has 2 aromatic rings. The smallest absolute Gasteiger partial charge is 0.306 e. The van der Waals surface area contributed by atoms with Crippen molar-refractivity contribution in [2.45, 2.75) is 6.42 Å². The van der Waals surface area contributed by atoms with Crippen LogP contribution in [0.2, 0.25) is 0 Å². The van der Waals surface area contributed by atoms with E-state index in [-0.39, 0.29) is 24.6 Å². The zero-order valence-electron chi connectivity index (χ0n) is 13.3. The molecule has 0 aliphatic carbocycles. The van der Waals surface area contributed by atoms with Crippen LogP contribution in [-0.4, -0.2) is 23.3 Å². The standard InChI is InChI=1S/C17H13F2N3O4/c18-11-1-4-13(5-2-11)21-9-10(7-16(21)23)17(24)20-12-3-6-14(19)15(8-12)22(25)26/h1-6,8,10H,7,9H2,(H,20,24)/t10-/m1/s1. The van der Waals surface area contributed by atoms with Gasteiger partial charge in [-0.2, -0.15) is 4.39 Å². The minimum Gasteiger partial charge on any atom is -0.326 e. The van der Waals surface area contributed by atoms with Gasteiger partial charge in [0.25, 0.3) is 0 Å². The summed E-state index contributed by atoms with van der Waals surface area (Å²) in [5.74, 6) is -2.93. The summed E-state index contributed by atoms with van der Waals surface area (Å²) >= 11 is 0. The third-order valence-corrected chi connectivity index (χ3v) is 4.04. The average Bonchev–Trinajstić information content (AvgIpc) is 2.99. The lowest BCUT2D eigenvalue weighted by atomic mass is 10.1. The first-order valence-electron chi connectivity index (χ1n) is 7.66. The highest BCUT2D eigenvalue weighted by Gasteiger charge is 2.35. The van der Waals surface area contributed by atoms with Crippen LogP contribution in [0.25, 0.3) is 0 Å². The minimum absolute atomic E-state index is 0.0491. The van der Waals surface area contributed by atoms with Crippen molar-refractivity contribution in [2.24, 2.45) is 5.92 Å². The van der Waals surface area contributed by atoms with Crippen LogP contribution in [0.15, 0.2) is 42.5 Å². The number of nitro groups is 1. The fourth-order valence-electron chi connectivity index (χ4n) is 2.73. The molecule has 0 spiro atoms. The fraction of sp³-hybridized carbons (Fsp3) is 0.176. The summed E-state index contributed by atoms with van der Waals surface area (Å²) in [5.41, 5.74) is -0.210. The first kappa shape index (κ1) is 17.5. The number of halogens is 2. The Morgan fingerprint density at radius 1 is 1.19 bits per heavy atom. The van der Waals surface area contributed by atoms with Crippen molar-refractivity contribution < 1.29 is 23.3 Å². The van der Waals surface area contributed by atoms with E-state index in [2.05, 4.69) is 5.32 Å². The number of nitrogens with one attached hydrogen (secondary N) is 1. The molecule has 0 bridgehead atoms. The van der Waals surface area contributed by atoms with Gasteiger partial charge in [0.1, 0.15) is 5.82 Å². The number of rotatable bonds is 4. The van der Waals surface area contributed by atoms with Crippen molar-refractivity contribution in [1.82, 2.24) is 0 Å². The molecule has 26 heavy (non-hydrogen) atoms. The molecule has 1 saturated heterocycles. The highest BCUT2D eigenvalue weighted by Crippen LogP contribution is 2.27. The van der Waals surface area contributed by atoms with E-state index in [9.17, 15) is 28.5 Å². The molecule has 0 saturated carbocycles. The van der Waals surface area contributed by atoms with Crippen LogP contribution < -0.4 is 10.2 Å². The Morgan fingerprint density at radius 2 is 1.88 bits per heavy atom. The lowest BCUT2D eigenvalue weighted by molar-refractivity contribution is -0.387. The highest BCUT2D eigenvalue weighted by molar-refractivity contribution is 6.03. The second-order valence-electron chi connectivity index (χ2n) is 5.79. The van der Waals surface area contributed by atoms with Gasteiger partial charge in [-0.05, 0) is 36.4 Å². The largest absolute Gasteiger partial charge is 0.326 e. The summed E-state index contributed by atoms with van der Waals surface area (Å²) in [7, 11) is 0. The van der Waals surface area contributed by atoms with Gasteiger partial charge in [-0.25, -0.2) is 4.39 Å². The molecule has 1 N–H and O–H groups in total. The number of hydrogen-bond acceptors (Lipinski definition) is 4. The summed E-state index contributed by atoms with van der Waals surface area (Å²) in [6.45, 7) is 0.0968. The van der Waals surface area contributed by atoms with Gasteiger partial charge >= 0.3 is 5.69 Å². The van der Waals surface area contributed by atoms with E-state index >= 15 is 0 Å². The molecule has 1 fully saturated rings. The van der Waals surface area contributed by atoms with Gasteiger partial charge < -0.3 is 10.2 Å². The molecular formula is C17H13F2N3O4. The second kappa shape index (κ2) is 6.87. The van der Waals surface area contributed by atoms with E-state index in [1.165, 1.54) is 35.2 Å². The number of anilines is 2. The third-order valence-electron chi connectivity index (χ3n) is 4.04. The van der Waals surface area contributed by atoms with Crippen molar-refractivity contribution in [3.05, 3.63) is 64.2 Å². The molecule has 2 aromatic carbocycles. The van der Waals surface area contributed by atoms with Crippen LogP contribution >= 0.6 is 0 Å². The van der Waals surface area contributed by atoms with E-state index in [1.807, 2.05) is 0 Å². The normalized spacial score (nSPS) is 16.6. The number of carbonyl (C=O) groups is 2. The van der Waals surface area contributed by atoms with E-state index < -0.39 is 34.1 Å². The highest BCUT2D eigenvalue weighted by atomic mass is 19.1. The van der Waals surface area contributed by atoms with Gasteiger partial charge in [0, 0.05) is 30.4 Å². The number of nitrogens with zero attached hydrogens (tertiary/aromatic N) is 2. The van der Waals surface area contributed by atoms with Gasteiger partial charge in [0.05, 0.1) is 10.8 Å². The van der Waals surface area contributed by atoms with Crippen molar-refractivity contribution >= 4 is 28.9 Å². The van der Waals surface area contributed by atoms with Crippen LogP contribution in [0.5, 0.6) is 0 Å². The van der Waals surface area contributed by atoms with Crippen LogP contribution in [0.3, 0.4) is 0 Å². The van der Waals surface area contributed by atoms with E-state index in [0.29, 0.717) is 5.69 Å². The zero-order chi connectivity index (χ0) is 18.8. The van der Waals surface area contributed by atoms with Crippen molar-refractivity contribution in [3.8, 4) is 0 Å². The predicted octanol–water partition coefficient (Wildman–Crippen LogP) is 2.86. The van der Waals surface area contributed by atoms with Gasteiger partial charge in [-0.15, -0.1) is 0 Å². The predicted molar refractivity (Wildman–Crippen MR) is 88.5 cm³/mol. The van der Waals surface area contributed by atoms with Gasteiger partial charge in [0.15, 0.2) is 0 Å². The third kappa shape index (κ3) is 3.51. The topological polar surface area (TPSA) is 92.5 Å². The lowest BCUT2D eigenvalue weighted by Gasteiger charge is -2.16. The van der Waals surface area contributed by atoms with Crippen LogP contribution in [0, 0.1) is 27.7 Å². The summed E-state index contributed by atoms with van der Waals surface area (Å²) in [5, 5.41) is 13.2. The van der Waals surface area contributed by atoms with Crippen molar-refractivity contribution in [1.29, 1.82) is 0 Å². The zero-order valence-corrected chi connectivity index (χ0v) is 13.3. The number of carbonyl (C=O) groups excluding carboxylic acids is 2. The summed E-state index contributed by atoms with van der Waals surface area (Å²) in [4.78, 5) is 35.7. The molecule has 1 atom stereocenters. The van der Waals surface area contributed by atoms with E-state index in [1.54, 1.807) is 0 Å². The summed E-state index contributed by atoms with van der Waals surface area (Å²) in [6, 6.07) is 8.32. The molecule has 1 aliphatic rings. The van der Waals surface area contributed by atoms with Gasteiger partial charge in [-0.3, -0.25) is 19.7 Å². The monoisotopic (exact) mass is 361 g/mol. The quantitative estimate of drug-likeness (QED) is 0.669. The van der Waals surface area contributed by atoms with Crippen LogP contribution in [0.1, 0.15) is 6.42 Å². The van der Waals surface area contributed by atoms with Crippen LogP contribution in [0.4, 0.5) is 25.8 Å². The summed E-state index contributed by atoms with van der Waals surface area (Å²) < 4.78 is 26.3. The molecule has 2 amide bonds. The Morgan fingerprint density at radius 3 is 2.54 bits per heavy atom. The molecule has 0 unspecified atom stereocenters. The Bertz CT molecular complexity index is 886. The summed E-state index contributed by atoms with van der Waals surface area (Å²) in [6.07, 6.45) is -0.0491. The number of hydrogen-bond donors (Lipinski definition) is 1. The molecule has 9 heteroatoms. The van der Waals surface area contributed by atoms with Gasteiger partial charge in [0.2, 0.25) is 17.6 Å². The number of amides is 2. The lowest BCUT2D eigenvalue weighted by Crippen LogP contribution is -2.28. The SMILES string of the molecule is O=C(Nc1ccc(F)c([N+](=O)[O-])c1)[C@@H]1CC(=O)N(c2ccc(F)cc2)C1. The molecule has 0 radical (unpaired) electrons. The van der Waals surface area contributed by atoms with E-state index in [0.717, 1.165) is 12.1 Å². The molecule has 1 heterocycles. The number of benzene rings is 2. The molecule has 3 rings (SSSR count). The first-order chi connectivity index (χ1) is 12.3. The Balaban J connectivity index is 1.71. The molecule has 0 aromatic heterocycles. The first-order valence-corrected chi connectivity index (χ1v) is 7.66. The molecule has 7 nitrogen and oxygen atoms in total. The minimum atomic E-state index is -1.01. The maximum atomic E-state index is 13.3. The molecule has 134 valence electrons. The maximum Gasteiger partial charge on any atom is 0.306 e. The van der Waals surface area contributed by atoms with Crippen LogP contribution in [-0.2, 0) is 9.59 Å². The Hall–Kier alpha value is -3.36. The van der Waals surface area contributed by atoms with Crippen molar-refractivity contribution in [2.75, 3.05) is 16.8 Å². The number of nitro benzene ring substituents is 1. The Labute approximate surface area is 146 Å². The Kier molecular flexibility index (Phi) is 4.61. The van der Waals surface area contributed by atoms with Crippen molar-refractivity contribution in [3.63, 3.8) is 0 Å². The average molecular weight is 361 g/mol. The van der Waals surface area contributed by atoms with E-state index in [4.69, 9.17) is 0 Å². The molecular weight excluding hydrogens is 348 g/mol.